The van der Waals surface area contributed by atoms with E-state index >= 15 is 0 Å². The maximum atomic E-state index is 11.3. The Hall–Kier alpha value is -1.39. The van der Waals surface area contributed by atoms with Gasteiger partial charge >= 0.3 is 5.97 Å². The Balaban J connectivity index is 2.35. The molecule has 1 aromatic carbocycles. The first-order valence-corrected chi connectivity index (χ1v) is 6.59. The molecule has 0 bridgehead atoms. The van der Waals surface area contributed by atoms with Gasteiger partial charge in [-0.3, -0.25) is 4.79 Å². The molecule has 0 amide bonds. The number of benzene rings is 1. The van der Waals surface area contributed by atoms with Crippen molar-refractivity contribution in [3.05, 3.63) is 35.9 Å². The average molecular weight is 264 g/mol. The van der Waals surface area contributed by atoms with E-state index in [1.807, 2.05) is 25.1 Å². The van der Waals surface area contributed by atoms with Crippen LogP contribution < -0.4 is 5.32 Å². The number of nitrogens with zero attached hydrogens (tertiary/aromatic N) is 1. The summed E-state index contributed by atoms with van der Waals surface area (Å²) in [5, 5.41) is 3.23. The zero-order chi connectivity index (χ0) is 14.3. The number of rotatable bonds is 7. The van der Waals surface area contributed by atoms with Crippen LogP contribution in [0.1, 0.15) is 19.4 Å². The van der Waals surface area contributed by atoms with E-state index in [1.54, 1.807) is 0 Å². The summed E-state index contributed by atoms with van der Waals surface area (Å²) in [6.45, 7) is 5.66. The summed E-state index contributed by atoms with van der Waals surface area (Å²) in [5.74, 6) is -0.224. The highest BCUT2D eigenvalue weighted by Gasteiger charge is 2.16. The van der Waals surface area contributed by atoms with Crippen LogP contribution in [-0.4, -0.2) is 43.7 Å². The van der Waals surface area contributed by atoms with Crippen molar-refractivity contribution < 1.29 is 9.53 Å². The Morgan fingerprint density at radius 2 is 1.95 bits per heavy atom. The highest BCUT2D eigenvalue weighted by Crippen LogP contribution is 2.03. The van der Waals surface area contributed by atoms with E-state index < -0.39 is 0 Å². The Labute approximate surface area is 115 Å². The van der Waals surface area contributed by atoms with Crippen LogP contribution in [0.4, 0.5) is 0 Å². The van der Waals surface area contributed by atoms with Crippen molar-refractivity contribution in [2.24, 2.45) is 0 Å². The molecule has 19 heavy (non-hydrogen) atoms. The molecular formula is C15H24N2O2. The van der Waals surface area contributed by atoms with Gasteiger partial charge in [-0.25, -0.2) is 0 Å². The maximum absolute atomic E-state index is 11.3. The summed E-state index contributed by atoms with van der Waals surface area (Å²) in [6, 6.07) is 10.3. The van der Waals surface area contributed by atoms with E-state index in [4.69, 9.17) is 4.74 Å². The monoisotopic (exact) mass is 264 g/mol. The first-order chi connectivity index (χ1) is 9.02. The first-order valence-electron chi connectivity index (χ1n) is 6.59. The maximum Gasteiger partial charge on any atom is 0.322 e. The predicted molar refractivity (Wildman–Crippen MR) is 76.9 cm³/mol. The molecule has 0 heterocycles. The minimum Gasteiger partial charge on any atom is -0.468 e. The van der Waals surface area contributed by atoms with E-state index in [-0.39, 0.29) is 18.1 Å². The highest BCUT2D eigenvalue weighted by atomic mass is 16.5. The molecule has 0 radical (unpaired) electrons. The molecule has 1 N–H and O–H groups in total. The molecule has 4 nitrogen and oxygen atoms in total. The summed E-state index contributed by atoms with van der Waals surface area (Å²) in [6.07, 6.45) is 0. The summed E-state index contributed by atoms with van der Waals surface area (Å²) in [5.41, 5.74) is 1.29. The molecular weight excluding hydrogens is 240 g/mol. The minimum absolute atomic E-state index is 0.224. The minimum atomic E-state index is -0.273. The Morgan fingerprint density at radius 1 is 1.32 bits per heavy atom. The second-order valence-electron chi connectivity index (χ2n) is 4.99. The lowest BCUT2D eigenvalue weighted by atomic mass is 10.2. The van der Waals surface area contributed by atoms with Crippen LogP contribution in [0, 0.1) is 0 Å². The van der Waals surface area contributed by atoms with Crippen molar-refractivity contribution in [2.45, 2.75) is 32.5 Å². The van der Waals surface area contributed by atoms with E-state index in [2.05, 4.69) is 36.3 Å². The molecule has 0 saturated heterocycles. The van der Waals surface area contributed by atoms with Crippen LogP contribution in [0.15, 0.2) is 30.3 Å². The number of hydrogen-bond donors (Lipinski definition) is 1. The van der Waals surface area contributed by atoms with E-state index in [9.17, 15) is 4.79 Å². The number of esters is 1. The molecule has 2 unspecified atom stereocenters. The van der Waals surface area contributed by atoms with Gasteiger partial charge in [0.1, 0.15) is 6.04 Å². The van der Waals surface area contributed by atoms with Gasteiger partial charge in [-0.15, -0.1) is 0 Å². The van der Waals surface area contributed by atoms with Gasteiger partial charge in [-0.1, -0.05) is 30.3 Å². The molecule has 0 saturated carbocycles. The van der Waals surface area contributed by atoms with Crippen molar-refractivity contribution in [3.63, 3.8) is 0 Å². The van der Waals surface area contributed by atoms with Gasteiger partial charge in [0.05, 0.1) is 7.11 Å². The van der Waals surface area contributed by atoms with Gasteiger partial charge in [0.15, 0.2) is 0 Å². The first kappa shape index (κ1) is 15.7. The number of methoxy groups -OCH3 is 1. The topological polar surface area (TPSA) is 41.6 Å². The van der Waals surface area contributed by atoms with Gasteiger partial charge in [0, 0.05) is 19.1 Å². The normalized spacial score (nSPS) is 14.2. The number of nitrogens with one attached hydrogen (secondary N) is 1. The standard InChI is InChI=1S/C15H24N2O2/c1-12(16-13(2)15(18)19-4)10-17(3)11-14-8-6-5-7-9-14/h5-9,12-13,16H,10-11H2,1-4H3. The molecule has 0 aliphatic carbocycles. The van der Waals surface area contributed by atoms with Crippen molar-refractivity contribution in [3.8, 4) is 0 Å². The lowest BCUT2D eigenvalue weighted by molar-refractivity contribution is -0.142. The van der Waals surface area contributed by atoms with Crippen LogP contribution in [-0.2, 0) is 16.1 Å². The van der Waals surface area contributed by atoms with E-state index in [0.717, 1.165) is 13.1 Å². The van der Waals surface area contributed by atoms with Crippen LogP contribution in [0.25, 0.3) is 0 Å². The Kier molecular flexibility index (Phi) is 6.53. The third-order valence-corrected chi connectivity index (χ3v) is 2.97. The molecule has 0 spiro atoms. The van der Waals surface area contributed by atoms with Crippen LogP contribution >= 0.6 is 0 Å². The molecule has 1 aromatic rings. The van der Waals surface area contributed by atoms with Crippen molar-refractivity contribution in [2.75, 3.05) is 20.7 Å². The number of hydrogen-bond acceptors (Lipinski definition) is 4. The zero-order valence-electron chi connectivity index (χ0n) is 12.2. The van der Waals surface area contributed by atoms with Gasteiger partial charge in [0.2, 0.25) is 0 Å². The molecule has 0 aromatic heterocycles. The number of ether oxygens (including phenoxy) is 1. The molecule has 2 atom stereocenters. The average Bonchev–Trinajstić information content (AvgIpc) is 2.38. The fourth-order valence-corrected chi connectivity index (χ4v) is 2.15. The van der Waals surface area contributed by atoms with Crippen LogP contribution in [0.2, 0.25) is 0 Å². The Bertz CT molecular complexity index is 381. The lowest BCUT2D eigenvalue weighted by Gasteiger charge is -2.24. The molecule has 0 aliphatic heterocycles. The fraction of sp³-hybridized carbons (Fsp3) is 0.533. The number of carbonyl (C=O) groups excluding carboxylic acids is 1. The smallest absolute Gasteiger partial charge is 0.322 e. The largest absolute Gasteiger partial charge is 0.468 e. The molecule has 0 fully saturated rings. The third kappa shape index (κ3) is 5.85. The fourth-order valence-electron chi connectivity index (χ4n) is 2.15. The zero-order valence-corrected chi connectivity index (χ0v) is 12.2. The number of likely N-dealkylation sites (N-methyl/N-ethyl adjacent to an activating group) is 1. The van der Waals surface area contributed by atoms with Crippen LogP contribution in [0.5, 0.6) is 0 Å². The SMILES string of the molecule is COC(=O)C(C)NC(C)CN(C)Cc1ccccc1. The summed E-state index contributed by atoms with van der Waals surface area (Å²) >= 11 is 0. The second kappa shape index (κ2) is 7.92. The van der Waals surface area contributed by atoms with E-state index in [0.29, 0.717) is 0 Å². The molecule has 0 aliphatic rings. The molecule has 4 heteroatoms. The van der Waals surface area contributed by atoms with Gasteiger partial charge in [-0.2, -0.15) is 0 Å². The van der Waals surface area contributed by atoms with Crippen molar-refractivity contribution in [1.82, 2.24) is 10.2 Å². The van der Waals surface area contributed by atoms with E-state index in [1.165, 1.54) is 12.7 Å². The third-order valence-electron chi connectivity index (χ3n) is 2.97. The van der Waals surface area contributed by atoms with Crippen molar-refractivity contribution in [1.29, 1.82) is 0 Å². The summed E-state index contributed by atoms with van der Waals surface area (Å²) in [4.78, 5) is 13.6. The number of carbonyl (C=O) groups is 1. The molecule has 1 rings (SSSR count). The molecule has 106 valence electrons. The predicted octanol–water partition coefficient (Wildman–Crippen LogP) is 1.66. The second-order valence-corrected chi connectivity index (χ2v) is 4.99. The van der Waals surface area contributed by atoms with Gasteiger partial charge < -0.3 is 15.0 Å². The Morgan fingerprint density at radius 3 is 2.53 bits per heavy atom. The van der Waals surface area contributed by atoms with Crippen LogP contribution in [0.3, 0.4) is 0 Å². The van der Waals surface area contributed by atoms with Gasteiger partial charge in [0.25, 0.3) is 0 Å². The van der Waals surface area contributed by atoms with Gasteiger partial charge in [-0.05, 0) is 26.5 Å². The summed E-state index contributed by atoms with van der Waals surface area (Å²) in [7, 11) is 3.49. The summed E-state index contributed by atoms with van der Waals surface area (Å²) < 4.78 is 4.70. The quantitative estimate of drug-likeness (QED) is 0.761. The highest BCUT2D eigenvalue weighted by molar-refractivity contribution is 5.75. The lowest BCUT2D eigenvalue weighted by Crippen LogP contribution is -2.45. The van der Waals surface area contributed by atoms with Crippen molar-refractivity contribution >= 4 is 5.97 Å².